The summed E-state index contributed by atoms with van der Waals surface area (Å²) >= 11 is 0. The quantitative estimate of drug-likeness (QED) is 0.602. The molecule has 1 atom stereocenters. The van der Waals surface area contributed by atoms with E-state index in [9.17, 15) is 18.0 Å². The van der Waals surface area contributed by atoms with E-state index in [0.717, 1.165) is 0 Å². The average Bonchev–Trinajstić information content (AvgIpc) is 2.59. The van der Waals surface area contributed by atoms with Crippen LogP contribution in [0.3, 0.4) is 0 Å². The van der Waals surface area contributed by atoms with Crippen molar-refractivity contribution in [3.8, 4) is 11.3 Å². The molecule has 0 bridgehead atoms. The Kier molecular flexibility index (Phi) is 6.75. The molecule has 1 heterocycles. The summed E-state index contributed by atoms with van der Waals surface area (Å²) in [5, 5.41) is 0. The summed E-state index contributed by atoms with van der Waals surface area (Å²) in [6, 6.07) is 7.49. The van der Waals surface area contributed by atoms with Crippen LogP contribution in [0.5, 0.6) is 0 Å². The number of sulfonamides is 1. The van der Waals surface area contributed by atoms with Crippen LogP contribution >= 0.6 is 0 Å². The molecule has 0 radical (unpaired) electrons. The molecule has 1 aromatic heterocycles. The predicted octanol–water partition coefficient (Wildman–Crippen LogP) is 1.35. The van der Waals surface area contributed by atoms with E-state index in [1.54, 1.807) is 32.9 Å². The second kappa shape index (κ2) is 8.86. The fourth-order valence-electron chi connectivity index (χ4n) is 2.60. The van der Waals surface area contributed by atoms with Crippen LogP contribution in [0.1, 0.15) is 26.0 Å². The van der Waals surface area contributed by atoms with Gasteiger partial charge < -0.3 is 16.2 Å². The summed E-state index contributed by atoms with van der Waals surface area (Å²) in [6.45, 7) is 5.31. The standard InChI is InChI=1S/C18H23N5O5S/c1-10(2)7-15(28-18(20)25)16(24)23-29(26,27)13-6-4-5-12(9-13)14-8-11(3)21-17(19)22-14/h4-6,8-10,15H,7H2,1-3H3,(H2,20,25)(H,23,24)(H2,19,21,22)/t15-/m0/s1. The van der Waals surface area contributed by atoms with Gasteiger partial charge in [0.1, 0.15) is 0 Å². The van der Waals surface area contributed by atoms with Gasteiger partial charge in [0.05, 0.1) is 10.6 Å². The number of hydrogen-bond acceptors (Lipinski definition) is 8. The number of benzene rings is 1. The number of aryl methyl sites for hydroxylation is 1. The molecule has 1 aromatic carbocycles. The third kappa shape index (κ3) is 6.14. The van der Waals surface area contributed by atoms with Gasteiger partial charge in [-0.05, 0) is 37.5 Å². The lowest BCUT2D eigenvalue weighted by Gasteiger charge is -2.18. The summed E-state index contributed by atoms with van der Waals surface area (Å²) in [5.74, 6) is -0.964. The third-order valence-corrected chi connectivity index (χ3v) is 5.13. The lowest BCUT2D eigenvalue weighted by atomic mass is 10.1. The monoisotopic (exact) mass is 421 g/mol. The summed E-state index contributed by atoms with van der Waals surface area (Å²) in [4.78, 5) is 31.3. The van der Waals surface area contributed by atoms with E-state index in [-0.39, 0.29) is 23.2 Å². The molecule has 0 aliphatic rings. The number of rotatable bonds is 7. The minimum Gasteiger partial charge on any atom is -0.436 e. The molecule has 29 heavy (non-hydrogen) atoms. The van der Waals surface area contributed by atoms with E-state index in [4.69, 9.17) is 16.2 Å². The molecular weight excluding hydrogens is 398 g/mol. The Bertz CT molecular complexity index is 1000. The average molecular weight is 421 g/mol. The third-order valence-electron chi connectivity index (χ3n) is 3.78. The number of nitrogens with two attached hydrogens (primary N) is 2. The van der Waals surface area contributed by atoms with Gasteiger partial charge >= 0.3 is 6.09 Å². The van der Waals surface area contributed by atoms with Crippen LogP contribution < -0.4 is 16.2 Å². The first-order valence-corrected chi connectivity index (χ1v) is 10.2. The fourth-order valence-corrected chi connectivity index (χ4v) is 3.65. The minimum atomic E-state index is -4.23. The van der Waals surface area contributed by atoms with Crippen molar-refractivity contribution in [1.29, 1.82) is 0 Å². The van der Waals surface area contributed by atoms with Gasteiger partial charge in [-0.2, -0.15) is 0 Å². The molecule has 2 aromatic rings. The zero-order chi connectivity index (χ0) is 21.8. The lowest BCUT2D eigenvalue weighted by Crippen LogP contribution is -2.42. The van der Waals surface area contributed by atoms with Crippen molar-refractivity contribution in [2.45, 2.75) is 38.2 Å². The number of primary amides is 1. The van der Waals surface area contributed by atoms with Crippen LogP contribution in [0.25, 0.3) is 11.3 Å². The van der Waals surface area contributed by atoms with Crippen LogP contribution in [0.2, 0.25) is 0 Å². The van der Waals surface area contributed by atoms with Gasteiger partial charge in [-0.15, -0.1) is 0 Å². The highest BCUT2D eigenvalue weighted by molar-refractivity contribution is 7.90. The molecule has 0 saturated carbocycles. The fraction of sp³-hybridized carbons (Fsp3) is 0.333. The number of aromatic nitrogens is 2. The smallest absolute Gasteiger partial charge is 0.405 e. The van der Waals surface area contributed by atoms with Crippen LogP contribution in [0, 0.1) is 12.8 Å². The van der Waals surface area contributed by atoms with Gasteiger partial charge in [-0.1, -0.05) is 26.0 Å². The molecule has 0 fully saturated rings. The molecule has 5 N–H and O–H groups in total. The van der Waals surface area contributed by atoms with Crippen molar-refractivity contribution in [3.05, 3.63) is 36.0 Å². The Balaban J connectivity index is 2.30. The van der Waals surface area contributed by atoms with Gasteiger partial charge in [0.2, 0.25) is 5.95 Å². The summed E-state index contributed by atoms with van der Waals surface area (Å²) < 4.78 is 32.0. The van der Waals surface area contributed by atoms with E-state index >= 15 is 0 Å². The van der Waals surface area contributed by atoms with Crippen molar-refractivity contribution in [3.63, 3.8) is 0 Å². The number of carbonyl (C=O) groups is 2. The molecule has 2 amide bonds. The van der Waals surface area contributed by atoms with Crippen molar-refractivity contribution < 1.29 is 22.7 Å². The number of nitrogens with one attached hydrogen (secondary N) is 1. The van der Waals surface area contributed by atoms with Crippen LogP contribution in [-0.4, -0.2) is 36.5 Å². The SMILES string of the molecule is Cc1cc(-c2cccc(S(=O)(=O)NC(=O)[C@H](CC(C)C)OC(N)=O)c2)nc(N)n1. The van der Waals surface area contributed by atoms with Gasteiger partial charge in [-0.3, -0.25) is 4.79 Å². The largest absolute Gasteiger partial charge is 0.436 e. The molecular formula is C18H23N5O5S. The highest BCUT2D eigenvalue weighted by Crippen LogP contribution is 2.22. The minimum absolute atomic E-state index is 0.0393. The van der Waals surface area contributed by atoms with Crippen LogP contribution in [0.4, 0.5) is 10.7 Å². The first-order chi connectivity index (χ1) is 13.5. The molecule has 11 heteroatoms. The molecule has 156 valence electrons. The van der Waals surface area contributed by atoms with Gasteiger partial charge in [0, 0.05) is 11.3 Å². The first-order valence-electron chi connectivity index (χ1n) is 8.72. The lowest BCUT2D eigenvalue weighted by molar-refractivity contribution is -0.128. The van der Waals surface area contributed by atoms with Gasteiger partial charge in [-0.25, -0.2) is 27.9 Å². The van der Waals surface area contributed by atoms with Crippen molar-refractivity contribution in [2.75, 3.05) is 5.73 Å². The second-order valence-corrected chi connectivity index (χ2v) is 8.49. The number of ether oxygens (including phenoxy) is 1. The maximum Gasteiger partial charge on any atom is 0.405 e. The Morgan fingerprint density at radius 1 is 1.21 bits per heavy atom. The molecule has 0 unspecified atom stereocenters. The molecule has 0 aliphatic heterocycles. The number of anilines is 1. The maximum atomic E-state index is 12.7. The molecule has 0 aliphatic carbocycles. The highest BCUT2D eigenvalue weighted by atomic mass is 32.2. The van der Waals surface area contributed by atoms with E-state index in [1.807, 2.05) is 4.72 Å². The van der Waals surface area contributed by atoms with E-state index in [1.165, 1.54) is 18.2 Å². The summed E-state index contributed by atoms with van der Waals surface area (Å²) in [6.07, 6.45) is -2.37. The van der Waals surface area contributed by atoms with Crippen molar-refractivity contribution >= 4 is 28.0 Å². The van der Waals surface area contributed by atoms with Crippen LogP contribution in [-0.2, 0) is 19.6 Å². The van der Waals surface area contributed by atoms with Gasteiger partial charge in [0.25, 0.3) is 15.9 Å². The Morgan fingerprint density at radius 2 is 1.90 bits per heavy atom. The number of nitrogen functional groups attached to an aromatic ring is 1. The first kappa shape index (κ1) is 22.1. The van der Waals surface area contributed by atoms with E-state index in [2.05, 4.69) is 9.97 Å². The topological polar surface area (TPSA) is 167 Å². The van der Waals surface area contributed by atoms with Crippen LogP contribution in [0.15, 0.2) is 35.2 Å². The molecule has 0 saturated heterocycles. The Hall–Kier alpha value is -3.21. The second-order valence-electron chi connectivity index (χ2n) is 6.81. The highest BCUT2D eigenvalue weighted by Gasteiger charge is 2.28. The molecule has 2 rings (SSSR count). The van der Waals surface area contributed by atoms with Gasteiger partial charge in [0.15, 0.2) is 6.10 Å². The number of hydrogen-bond donors (Lipinski definition) is 3. The number of nitrogens with zero attached hydrogens (tertiary/aromatic N) is 2. The molecule has 10 nitrogen and oxygen atoms in total. The summed E-state index contributed by atoms with van der Waals surface area (Å²) in [7, 11) is -4.23. The number of carbonyl (C=O) groups excluding carboxylic acids is 2. The Morgan fingerprint density at radius 3 is 2.48 bits per heavy atom. The van der Waals surface area contributed by atoms with E-state index in [0.29, 0.717) is 17.0 Å². The van der Waals surface area contributed by atoms with Crippen molar-refractivity contribution in [1.82, 2.24) is 14.7 Å². The number of amides is 2. The molecule has 0 spiro atoms. The Labute approximate surface area is 168 Å². The zero-order valence-corrected chi connectivity index (χ0v) is 17.1. The normalized spacial score (nSPS) is 12.4. The van der Waals surface area contributed by atoms with E-state index < -0.39 is 28.1 Å². The summed E-state index contributed by atoms with van der Waals surface area (Å²) in [5.41, 5.74) is 12.2. The zero-order valence-electron chi connectivity index (χ0n) is 16.2. The predicted molar refractivity (Wildman–Crippen MR) is 106 cm³/mol. The maximum absolute atomic E-state index is 12.7. The van der Waals surface area contributed by atoms with Crippen molar-refractivity contribution in [2.24, 2.45) is 11.7 Å².